The summed E-state index contributed by atoms with van der Waals surface area (Å²) in [6.07, 6.45) is 2.47. The molecular weight excluding hydrogens is 188 g/mol. The lowest BCUT2D eigenvalue weighted by Gasteiger charge is -2.11. The Balaban J connectivity index is 2.62. The van der Waals surface area contributed by atoms with Crippen molar-refractivity contribution >= 4 is 0 Å². The van der Waals surface area contributed by atoms with Crippen molar-refractivity contribution in [2.24, 2.45) is 0 Å². The number of rotatable bonds is 6. The van der Waals surface area contributed by atoms with Crippen LogP contribution in [-0.4, -0.2) is 18.8 Å². The third kappa shape index (κ3) is 4.02. The zero-order valence-electron chi connectivity index (χ0n) is 9.57. The van der Waals surface area contributed by atoms with E-state index in [1.165, 1.54) is 5.56 Å². The van der Waals surface area contributed by atoms with Crippen LogP contribution in [0, 0.1) is 0 Å². The summed E-state index contributed by atoms with van der Waals surface area (Å²) in [5.74, 6) is 0. The van der Waals surface area contributed by atoms with E-state index in [2.05, 4.69) is 19.1 Å². The molecule has 0 saturated heterocycles. The molecule has 0 amide bonds. The lowest BCUT2D eigenvalue weighted by molar-refractivity contribution is 0.110. The predicted octanol–water partition coefficient (Wildman–Crippen LogP) is 2.71. The van der Waals surface area contributed by atoms with Gasteiger partial charge in [-0.25, -0.2) is 0 Å². The summed E-state index contributed by atoms with van der Waals surface area (Å²) in [5, 5.41) is 9.86. The molecule has 2 nitrogen and oxygen atoms in total. The predicted molar refractivity (Wildman–Crippen MR) is 61.9 cm³/mol. The van der Waals surface area contributed by atoms with Crippen molar-refractivity contribution in [2.45, 2.75) is 32.3 Å². The van der Waals surface area contributed by atoms with Crippen LogP contribution in [0.2, 0.25) is 0 Å². The van der Waals surface area contributed by atoms with E-state index in [4.69, 9.17) is 4.74 Å². The highest BCUT2D eigenvalue weighted by atomic mass is 16.5. The molecule has 1 atom stereocenters. The fourth-order valence-electron chi connectivity index (χ4n) is 1.64. The van der Waals surface area contributed by atoms with Gasteiger partial charge < -0.3 is 9.84 Å². The summed E-state index contributed by atoms with van der Waals surface area (Å²) in [6.45, 7) is 2.76. The Morgan fingerprint density at radius 3 is 2.87 bits per heavy atom. The molecule has 0 aliphatic rings. The Labute approximate surface area is 91.9 Å². The number of aliphatic hydroxyl groups is 1. The number of methoxy groups -OCH3 is 1. The van der Waals surface area contributed by atoms with Gasteiger partial charge in [-0.1, -0.05) is 37.6 Å². The first-order chi connectivity index (χ1) is 7.27. The molecule has 84 valence electrons. The number of hydrogen-bond donors (Lipinski definition) is 1. The Morgan fingerprint density at radius 1 is 1.40 bits per heavy atom. The third-order valence-electron chi connectivity index (χ3n) is 2.47. The van der Waals surface area contributed by atoms with Crippen LogP contribution >= 0.6 is 0 Å². The molecule has 15 heavy (non-hydrogen) atoms. The first kappa shape index (κ1) is 12.2. The highest BCUT2D eigenvalue weighted by Gasteiger charge is 2.07. The zero-order valence-corrected chi connectivity index (χ0v) is 9.57. The molecule has 1 unspecified atom stereocenters. The highest BCUT2D eigenvalue weighted by molar-refractivity contribution is 5.25. The Hall–Kier alpha value is -0.860. The summed E-state index contributed by atoms with van der Waals surface area (Å²) < 4.78 is 4.95. The van der Waals surface area contributed by atoms with Crippen LogP contribution in [0.25, 0.3) is 0 Å². The van der Waals surface area contributed by atoms with Gasteiger partial charge in [0.1, 0.15) is 0 Å². The minimum absolute atomic E-state index is 0.401. The van der Waals surface area contributed by atoms with Crippen LogP contribution in [0.3, 0.4) is 0 Å². The van der Waals surface area contributed by atoms with Crippen LogP contribution in [-0.2, 0) is 11.2 Å². The van der Waals surface area contributed by atoms with Gasteiger partial charge >= 0.3 is 0 Å². The standard InChI is InChI=1S/C13H20O2/c1-3-5-11-6-4-7-12(10-11)13(14)8-9-15-2/h4,6-7,10,13-14H,3,5,8-9H2,1-2H3. The second-order valence-corrected chi connectivity index (χ2v) is 3.79. The second-order valence-electron chi connectivity index (χ2n) is 3.79. The molecule has 0 bridgehead atoms. The van der Waals surface area contributed by atoms with Gasteiger partial charge in [-0.05, 0) is 17.5 Å². The zero-order chi connectivity index (χ0) is 11.1. The van der Waals surface area contributed by atoms with E-state index >= 15 is 0 Å². The van der Waals surface area contributed by atoms with Gasteiger partial charge in [0.05, 0.1) is 6.10 Å². The molecule has 0 heterocycles. The molecular formula is C13H20O2. The van der Waals surface area contributed by atoms with Crippen molar-refractivity contribution in [2.75, 3.05) is 13.7 Å². The molecule has 1 rings (SSSR count). The van der Waals surface area contributed by atoms with Crippen molar-refractivity contribution in [1.29, 1.82) is 0 Å². The maximum absolute atomic E-state index is 9.86. The van der Waals surface area contributed by atoms with Crippen molar-refractivity contribution in [3.8, 4) is 0 Å². The lowest BCUT2D eigenvalue weighted by Crippen LogP contribution is -2.02. The summed E-state index contributed by atoms with van der Waals surface area (Å²) in [6, 6.07) is 8.18. The Bertz CT molecular complexity index is 284. The van der Waals surface area contributed by atoms with Crippen molar-refractivity contribution in [3.05, 3.63) is 35.4 Å². The van der Waals surface area contributed by atoms with E-state index in [0.29, 0.717) is 13.0 Å². The molecule has 2 heteroatoms. The molecule has 0 radical (unpaired) electrons. The van der Waals surface area contributed by atoms with Gasteiger partial charge in [0, 0.05) is 20.1 Å². The van der Waals surface area contributed by atoms with Crippen molar-refractivity contribution in [3.63, 3.8) is 0 Å². The van der Waals surface area contributed by atoms with Gasteiger partial charge in [-0.2, -0.15) is 0 Å². The van der Waals surface area contributed by atoms with Gasteiger partial charge in [-0.15, -0.1) is 0 Å². The molecule has 1 aromatic carbocycles. The van der Waals surface area contributed by atoms with Gasteiger partial charge in [0.25, 0.3) is 0 Å². The van der Waals surface area contributed by atoms with Crippen LogP contribution in [0.5, 0.6) is 0 Å². The number of hydrogen-bond acceptors (Lipinski definition) is 2. The molecule has 0 aliphatic heterocycles. The first-order valence-electron chi connectivity index (χ1n) is 5.53. The average Bonchev–Trinajstić information content (AvgIpc) is 2.27. The molecule has 0 spiro atoms. The molecule has 1 aromatic rings. The molecule has 0 fully saturated rings. The largest absolute Gasteiger partial charge is 0.388 e. The van der Waals surface area contributed by atoms with Crippen LogP contribution in [0.15, 0.2) is 24.3 Å². The van der Waals surface area contributed by atoms with Crippen molar-refractivity contribution in [1.82, 2.24) is 0 Å². The number of aryl methyl sites for hydroxylation is 1. The monoisotopic (exact) mass is 208 g/mol. The number of benzene rings is 1. The van der Waals surface area contributed by atoms with E-state index in [1.54, 1.807) is 7.11 Å². The van der Waals surface area contributed by atoms with Gasteiger partial charge in [0.15, 0.2) is 0 Å². The Kier molecular flexibility index (Phi) is 5.37. The average molecular weight is 208 g/mol. The van der Waals surface area contributed by atoms with Gasteiger partial charge in [0.2, 0.25) is 0 Å². The summed E-state index contributed by atoms with van der Waals surface area (Å²) in [7, 11) is 1.65. The molecule has 0 saturated carbocycles. The topological polar surface area (TPSA) is 29.5 Å². The van der Waals surface area contributed by atoms with E-state index in [1.807, 2.05) is 12.1 Å². The minimum atomic E-state index is -0.401. The van der Waals surface area contributed by atoms with Crippen LogP contribution in [0.4, 0.5) is 0 Å². The Morgan fingerprint density at radius 2 is 2.20 bits per heavy atom. The summed E-state index contributed by atoms with van der Waals surface area (Å²) >= 11 is 0. The van der Waals surface area contributed by atoms with E-state index in [9.17, 15) is 5.11 Å². The van der Waals surface area contributed by atoms with Gasteiger partial charge in [-0.3, -0.25) is 0 Å². The normalized spacial score (nSPS) is 12.7. The number of aliphatic hydroxyl groups excluding tert-OH is 1. The second kappa shape index (κ2) is 6.59. The maximum atomic E-state index is 9.86. The van der Waals surface area contributed by atoms with Crippen LogP contribution in [0.1, 0.15) is 37.0 Å². The lowest BCUT2D eigenvalue weighted by atomic mass is 10.0. The SMILES string of the molecule is CCCc1cccc(C(O)CCOC)c1. The van der Waals surface area contributed by atoms with Crippen LogP contribution < -0.4 is 0 Å². The maximum Gasteiger partial charge on any atom is 0.0812 e. The molecule has 0 aliphatic carbocycles. The minimum Gasteiger partial charge on any atom is -0.388 e. The van der Waals surface area contributed by atoms with E-state index in [0.717, 1.165) is 18.4 Å². The van der Waals surface area contributed by atoms with E-state index in [-0.39, 0.29) is 0 Å². The summed E-state index contributed by atoms with van der Waals surface area (Å²) in [5.41, 5.74) is 2.30. The van der Waals surface area contributed by atoms with E-state index < -0.39 is 6.10 Å². The molecule has 0 aromatic heterocycles. The fourth-order valence-corrected chi connectivity index (χ4v) is 1.64. The van der Waals surface area contributed by atoms with Crippen molar-refractivity contribution < 1.29 is 9.84 Å². The highest BCUT2D eigenvalue weighted by Crippen LogP contribution is 2.18. The quantitative estimate of drug-likeness (QED) is 0.779. The smallest absolute Gasteiger partial charge is 0.0812 e. The fraction of sp³-hybridized carbons (Fsp3) is 0.538. The third-order valence-corrected chi connectivity index (χ3v) is 2.47. The number of ether oxygens (including phenoxy) is 1. The molecule has 1 N–H and O–H groups in total. The summed E-state index contributed by atoms with van der Waals surface area (Å²) in [4.78, 5) is 0. The first-order valence-corrected chi connectivity index (χ1v) is 5.53.